The van der Waals surface area contributed by atoms with Gasteiger partial charge in [0.2, 0.25) is 0 Å². The van der Waals surface area contributed by atoms with Gasteiger partial charge in [0.25, 0.3) is 0 Å². The summed E-state index contributed by atoms with van der Waals surface area (Å²) in [7, 11) is -3.28. The Morgan fingerprint density at radius 1 is 0.960 bits per heavy atom. The van der Waals surface area contributed by atoms with Gasteiger partial charge in [-0.3, -0.25) is 0 Å². The summed E-state index contributed by atoms with van der Waals surface area (Å²) >= 11 is 0. The Labute approximate surface area is 152 Å². The molecule has 0 unspecified atom stereocenters. The molecule has 0 spiro atoms. The predicted octanol–water partition coefficient (Wildman–Crippen LogP) is 5.64. The van der Waals surface area contributed by atoms with E-state index in [1.807, 2.05) is 30.3 Å². The van der Waals surface area contributed by atoms with Crippen LogP contribution in [0.2, 0.25) is 0 Å². The molecule has 0 aromatic heterocycles. The van der Waals surface area contributed by atoms with Gasteiger partial charge < -0.3 is 0 Å². The maximum absolute atomic E-state index is 12.4. The molecule has 134 valence electrons. The van der Waals surface area contributed by atoms with Crippen LogP contribution >= 0.6 is 0 Å². The molecule has 2 nitrogen and oxygen atoms in total. The quantitative estimate of drug-likeness (QED) is 0.613. The van der Waals surface area contributed by atoms with E-state index in [0.29, 0.717) is 10.8 Å². The summed E-state index contributed by atoms with van der Waals surface area (Å²) in [6, 6.07) is 15.6. The monoisotopic (exact) mass is 356 g/mol. The van der Waals surface area contributed by atoms with E-state index in [4.69, 9.17) is 0 Å². The molecule has 0 heterocycles. The van der Waals surface area contributed by atoms with Gasteiger partial charge in [-0.25, -0.2) is 8.42 Å². The first-order chi connectivity index (χ1) is 11.9. The van der Waals surface area contributed by atoms with Crippen molar-refractivity contribution >= 4 is 15.9 Å². The van der Waals surface area contributed by atoms with E-state index in [0.717, 1.165) is 24.8 Å². The fraction of sp³-hybridized carbons (Fsp3) is 0.364. The molecule has 0 amide bonds. The van der Waals surface area contributed by atoms with Crippen LogP contribution in [0.4, 0.5) is 0 Å². The molecule has 2 aromatic carbocycles. The van der Waals surface area contributed by atoms with Crippen molar-refractivity contribution in [2.75, 3.05) is 5.75 Å². The van der Waals surface area contributed by atoms with Crippen LogP contribution in [-0.4, -0.2) is 14.2 Å². The maximum Gasteiger partial charge on any atom is 0.181 e. The molecule has 0 saturated carbocycles. The molecule has 0 fully saturated rings. The summed E-state index contributed by atoms with van der Waals surface area (Å²) in [6.07, 6.45) is 6.87. The average Bonchev–Trinajstić information content (AvgIpc) is 2.60. The van der Waals surface area contributed by atoms with Gasteiger partial charge in [0.15, 0.2) is 9.84 Å². The number of hydrogen-bond acceptors (Lipinski definition) is 2. The Hall–Kier alpha value is -1.87. The van der Waals surface area contributed by atoms with Crippen LogP contribution in [0.3, 0.4) is 0 Å². The first-order valence-electron chi connectivity index (χ1n) is 9.00. The highest BCUT2D eigenvalue weighted by Gasteiger charge is 2.12. The van der Waals surface area contributed by atoms with E-state index in [2.05, 4.69) is 32.9 Å². The number of sulfone groups is 1. The van der Waals surface area contributed by atoms with Crippen LogP contribution < -0.4 is 0 Å². The molecule has 2 rings (SSSR count). The lowest BCUT2D eigenvalue weighted by Gasteiger charge is -2.05. The Morgan fingerprint density at radius 3 is 2.16 bits per heavy atom. The van der Waals surface area contributed by atoms with E-state index in [-0.39, 0.29) is 5.75 Å². The van der Waals surface area contributed by atoms with Gasteiger partial charge >= 0.3 is 0 Å². The van der Waals surface area contributed by atoms with Crippen molar-refractivity contribution in [2.45, 2.75) is 50.8 Å². The zero-order valence-electron chi connectivity index (χ0n) is 15.4. The van der Waals surface area contributed by atoms with Gasteiger partial charge in [0.05, 0.1) is 10.6 Å². The minimum Gasteiger partial charge on any atom is -0.223 e. The lowest BCUT2D eigenvalue weighted by molar-refractivity contribution is 0.599. The molecule has 0 atom stereocenters. The smallest absolute Gasteiger partial charge is 0.181 e. The van der Waals surface area contributed by atoms with E-state index < -0.39 is 9.84 Å². The van der Waals surface area contributed by atoms with Crippen molar-refractivity contribution in [3.05, 3.63) is 71.3 Å². The minimum atomic E-state index is -3.28. The van der Waals surface area contributed by atoms with Gasteiger partial charge in [-0.05, 0) is 47.6 Å². The van der Waals surface area contributed by atoms with Crippen molar-refractivity contribution in [1.82, 2.24) is 0 Å². The van der Waals surface area contributed by atoms with Crippen molar-refractivity contribution in [2.24, 2.45) is 0 Å². The largest absolute Gasteiger partial charge is 0.223 e. The number of aryl methyl sites for hydroxylation is 1. The number of unbranched alkanes of at least 4 members (excludes halogenated alkanes) is 1. The molecular weight excluding hydrogens is 328 g/mol. The van der Waals surface area contributed by atoms with Crippen LogP contribution in [0.15, 0.2) is 59.5 Å². The first-order valence-corrected chi connectivity index (χ1v) is 10.7. The lowest BCUT2D eigenvalue weighted by Crippen LogP contribution is -2.04. The molecule has 3 heteroatoms. The van der Waals surface area contributed by atoms with Crippen molar-refractivity contribution in [3.63, 3.8) is 0 Å². The Kier molecular flexibility index (Phi) is 7.01. The molecule has 0 aliphatic carbocycles. The Morgan fingerprint density at radius 2 is 1.60 bits per heavy atom. The number of benzene rings is 2. The molecule has 0 bridgehead atoms. The molecule has 25 heavy (non-hydrogen) atoms. The highest BCUT2D eigenvalue weighted by atomic mass is 32.2. The second kappa shape index (κ2) is 9.00. The minimum absolute atomic E-state index is 0.0211. The summed E-state index contributed by atoms with van der Waals surface area (Å²) in [5, 5.41) is 0. The predicted molar refractivity (Wildman–Crippen MR) is 107 cm³/mol. The molecule has 0 saturated heterocycles. The molecule has 0 radical (unpaired) electrons. The third-order valence-corrected chi connectivity index (χ3v) is 5.95. The summed E-state index contributed by atoms with van der Waals surface area (Å²) in [6.45, 7) is 6.47. The standard InChI is InChI=1S/C22H28O2S/c1-4-5-7-19-11-15-22(16-12-19)25(23,24)17-6-8-20-9-13-21(14-10-20)18(2)3/h6,8-16,18H,4-5,7,17H2,1-3H3. The van der Waals surface area contributed by atoms with Crippen LogP contribution in [0.1, 0.15) is 56.2 Å². The average molecular weight is 357 g/mol. The second-order valence-electron chi connectivity index (χ2n) is 6.75. The zero-order chi connectivity index (χ0) is 18.3. The third kappa shape index (κ3) is 5.86. The summed E-state index contributed by atoms with van der Waals surface area (Å²) in [5.74, 6) is 0.520. The van der Waals surface area contributed by atoms with E-state index in [1.165, 1.54) is 11.1 Å². The highest BCUT2D eigenvalue weighted by molar-refractivity contribution is 7.91. The van der Waals surface area contributed by atoms with E-state index in [1.54, 1.807) is 18.2 Å². The van der Waals surface area contributed by atoms with Crippen molar-refractivity contribution in [3.8, 4) is 0 Å². The Bertz CT molecular complexity index is 783. The number of rotatable bonds is 8. The summed E-state index contributed by atoms with van der Waals surface area (Å²) in [4.78, 5) is 0.396. The van der Waals surface area contributed by atoms with Gasteiger partial charge in [-0.15, -0.1) is 0 Å². The fourth-order valence-electron chi connectivity index (χ4n) is 2.64. The lowest BCUT2D eigenvalue weighted by atomic mass is 10.0. The van der Waals surface area contributed by atoms with E-state index >= 15 is 0 Å². The van der Waals surface area contributed by atoms with Gasteiger partial charge in [0, 0.05) is 0 Å². The molecule has 2 aromatic rings. The molecule has 0 N–H and O–H groups in total. The SMILES string of the molecule is CCCCc1ccc(S(=O)(=O)CC=Cc2ccc(C(C)C)cc2)cc1. The second-order valence-corrected chi connectivity index (χ2v) is 8.79. The summed E-state index contributed by atoms with van der Waals surface area (Å²) in [5.41, 5.74) is 3.50. The van der Waals surface area contributed by atoms with Crippen LogP contribution in [0.5, 0.6) is 0 Å². The fourth-order valence-corrected chi connectivity index (χ4v) is 3.74. The maximum atomic E-state index is 12.4. The number of hydrogen-bond donors (Lipinski definition) is 0. The normalized spacial score (nSPS) is 12.2. The third-order valence-electron chi connectivity index (χ3n) is 4.33. The van der Waals surface area contributed by atoms with Gasteiger partial charge in [0.1, 0.15) is 0 Å². The topological polar surface area (TPSA) is 34.1 Å². The van der Waals surface area contributed by atoms with Crippen LogP contribution in [-0.2, 0) is 16.3 Å². The van der Waals surface area contributed by atoms with Crippen LogP contribution in [0.25, 0.3) is 6.08 Å². The Balaban J connectivity index is 2.00. The van der Waals surface area contributed by atoms with Gasteiger partial charge in [-0.1, -0.05) is 75.7 Å². The molecular formula is C22H28O2S. The van der Waals surface area contributed by atoms with Crippen molar-refractivity contribution in [1.29, 1.82) is 0 Å². The zero-order valence-corrected chi connectivity index (χ0v) is 16.2. The first kappa shape index (κ1) is 19.5. The molecule has 0 aliphatic rings. The summed E-state index contributed by atoms with van der Waals surface area (Å²) < 4.78 is 24.9. The van der Waals surface area contributed by atoms with E-state index in [9.17, 15) is 8.42 Å². The highest BCUT2D eigenvalue weighted by Crippen LogP contribution is 2.17. The van der Waals surface area contributed by atoms with Gasteiger partial charge in [-0.2, -0.15) is 0 Å². The molecule has 0 aliphatic heterocycles. The van der Waals surface area contributed by atoms with Crippen molar-refractivity contribution < 1.29 is 8.42 Å². The van der Waals surface area contributed by atoms with Crippen LogP contribution in [0, 0.1) is 0 Å².